The van der Waals surface area contributed by atoms with Crippen LogP contribution in [0.1, 0.15) is 31.4 Å². The highest BCUT2D eigenvalue weighted by molar-refractivity contribution is 5.77. The van der Waals surface area contributed by atoms with Gasteiger partial charge in [-0.3, -0.25) is 4.79 Å². The van der Waals surface area contributed by atoms with Gasteiger partial charge in [0.1, 0.15) is 0 Å². The summed E-state index contributed by atoms with van der Waals surface area (Å²) >= 11 is 0. The molecular formula is C15H22N4O3. The molecule has 1 aromatic rings. The number of ether oxygens (including phenoxy) is 2. The topological polar surface area (TPSA) is 85.4 Å². The second-order valence-corrected chi connectivity index (χ2v) is 5.81. The number of nitrogens with one attached hydrogen (secondary N) is 2. The van der Waals surface area contributed by atoms with Crippen molar-refractivity contribution in [2.24, 2.45) is 0 Å². The summed E-state index contributed by atoms with van der Waals surface area (Å²) in [7, 11) is 1.58. The van der Waals surface area contributed by atoms with Gasteiger partial charge in [0.05, 0.1) is 25.3 Å². The van der Waals surface area contributed by atoms with Crippen molar-refractivity contribution in [1.82, 2.24) is 15.3 Å². The number of piperidine rings is 1. The Bertz CT molecular complexity index is 546. The molecule has 0 aromatic carbocycles. The fraction of sp³-hybridized carbons (Fsp3) is 0.667. The lowest BCUT2D eigenvalue weighted by Crippen LogP contribution is -2.57. The van der Waals surface area contributed by atoms with Gasteiger partial charge in [-0.05, 0) is 26.2 Å². The van der Waals surface area contributed by atoms with E-state index in [1.54, 1.807) is 13.2 Å². The molecule has 3 heterocycles. The van der Waals surface area contributed by atoms with Gasteiger partial charge in [-0.15, -0.1) is 0 Å². The summed E-state index contributed by atoms with van der Waals surface area (Å²) in [5.74, 6) is 1.14. The third-order valence-corrected chi connectivity index (χ3v) is 4.16. The Hall–Kier alpha value is -1.89. The number of hydrogen-bond acceptors (Lipinski definition) is 6. The van der Waals surface area contributed by atoms with Crippen molar-refractivity contribution in [3.63, 3.8) is 0 Å². The molecule has 1 unspecified atom stereocenters. The number of rotatable bonds is 4. The summed E-state index contributed by atoms with van der Waals surface area (Å²) in [4.78, 5) is 20.5. The molecule has 7 heteroatoms. The van der Waals surface area contributed by atoms with Gasteiger partial charge >= 0.3 is 0 Å². The first-order valence-corrected chi connectivity index (χ1v) is 7.73. The molecule has 0 radical (unpaired) electrons. The second kappa shape index (κ2) is 6.48. The Morgan fingerprint density at radius 3 is 3.00 bits per heavy atom. The Balaban J connectivity index is 1.76. The van der Waals surface area contributed by atoms with Crippen LogP contribution in [0.25, 0.3) is 0 Å². The number of nitrogens with zero attached hydrogens (tertiary/aromatic N) is 2. The van der Waals surface area contributed by atoms with E-state index in [2.05, 4.69) is 20.6 Å². The molecule has 2 saturated heterocycles. The SMILES string of the molecule is COc1cc(C)nc(N[C@@H]2CCC(=O)N[C@H]2C2CCCO2)n1. The molecule has 3 atom stereocenters. The van der Waals surface area contributed by atoms with Gasteiger partial charge in [0.25, 0.3) is 0 Å². The maximum absolute atomic E-state index is 11.7. The molecule has 2 fully saturated rings. The Morgan fingerprint density at radius 1 is 1.41 bits per heavy atom. The quantitative estimate of drug-likeness (QED) is 0.864. The third-order valence-electron chi connectivity index (χ3n) is 4.16. The van der Waals surface area contributed by atoms with Gasteiger partial charge in [0.2, 0.25) is 17.7 Å². The van der Waals surface area contributed by atoms with Crippen LogP contribution in [0.4, 0.5) is 5.95 Å². The van der Waals surface area contributed by atoms with Crippen LogP contribution in [0, 0.1) is 6.92 Å². The molecular weight excluding hydrogens is 284 g/mol. The number of carbonyl (C=O) groups is 1. The maximum Gasteiger partial charge on any atom is 0.226 e. The number of carbonyl (C=O) groups excluding carboxylic acids is 1. The van der Waals surface area contributed by atoms with Crippen molar-refractivity contribution in [2.45, 2.75) is 50.8 Å². The van der Waals surface area contributed by atoms with Crippen molar-refractivity contribution in [1.29, 1.82) is 0 Å². The van der Waals surface area contributed by atoms with E-state index in [1.807, 2.05) is 6.92 Å². The van der Waals surface area contributed by atoms with E-state index < -0.39 is 0 Å². The van der Waals surface area contributed by atoms with E-state index in [9.17, 15) is 4.79 Å². The minimum Gasteiger partial charge on any atom is -0.481 e. The lowest BCUT2D eigenvalue weighted by Gasteiger charge is -2.36. The largest absolute Gasteiger partial charge is 0.481 e. The number of amides is 1. The average molecular weight is 306 g/mol. The molecule has 0 aliphatic carbocycles. The van der Waals surface area contributed by atoms with Gasteiger partial charge in [0.15, 0.2) is 0 Å². The van der Waals surface area contributed by atoms with Crippen LogP contribution >= 0.6 is 0 Å². The first-order valence-electron chi connectivity index (χ1n) is 7.73. The van der Waals surface area contributed by atoms with E-state index in [0.717, 1.165) is 31.6 Å². The average Bonchev–Trinajstić information content (AvgIpc) is 3.02. The zero-order valence-electron chi connectivity index (χ0n) is 13.0. The Kier molecular flexibility index (Phi) is 4.42. The molecule has 0 spiro atoms. The minimum atomic E-state index is -0.0427. The molecule has 120 valence electrons. The highest BCUT2D eigenvalue weighted by Crippen LogP contribution is 2.24. The van der Waals surface area contributed by atoms with E-state index in [1.165, 1.54) is 0 Å². The summed E-state index contributed by atoms with van der Waals surface area (Å²) in [6.07, 6.45) is 3.33. The highest BCUT2D eigenvalue weighted by Gasteiger charge is 2.37. The Morgan fingerprint density at radius 2 is 2.27 bits per heavy atom. The molecule has 1 amide bonds. The normalized spacial score (nSPS) is 28.3. The lowest BCUT2D eigenvalue weighted by atomic mass is 9.92. The summed E-state index contributed by atoms with van der Waals surface area (Å²) in [5, 5.41) is 6.41. The molecule has 2 aliphatic rings. The van der Waals surface area contributed by atoms with Crippen LogP contribution in [0.2, 0.25) is 0 Å². The highest BCUT2D eigenvalue weighted by atomic mass is 16.5. The van der Waals surface area contributed by atoms with Crippen LogP contribution in [-0.4, -0.2) is 47.8 Å². The predicted octanol–water partition coefficient (Wildman–Crippen LogP) is 1.03. The van der Waals surface area contributed by atoms with Crippen molar-refractivity contribution in [3.05, 3.63) is 11.8 Å². The van der Waals surface area contributed by atoms with Gasteiger partial charge in [-0.25, -0.2) is 4.98 Å². The lowest BCUT2D eigenvalue weighted by molar-refractivity contribution is -0.124. The zero-order valence-corrected chi connectivity index (χ0v) is 13.0. The molecule has 2 aliphatic heterocycles. The molecule has 0 bridgehead atoms. The monoisotopic (exact) mass is 306 g/mol. The smallest absolute Gasteiger partial charge is 0.226 e. The molecule has 2 N–H and O–H groups in total. The van der Waals surface area contributed by atoms with E-state index >= 15 is 0 Å². The van der Waals surface area contributed by atoms with Crippen molar-refractivity contribution >= 4 is 11.9 Å². The minimum absolute atomic E-state index is 0.0427. The number of aryl methyl sites for hydroxylation is 1. The standard InChI is InChI=1S/C15H22N4O3/c1-9-8-13(21-2)19-15(16-9)17-10-5-6-12(20)18-14(10)11-4-3-7-22-11/h8,10-11,14H,3-7H2,1-2H3,(H,18,20)(H,16,17,19)/t10-,11?,14-/m1/s1. The van der Waals surface area contributed by atoms with E-state index in [-0.39, 0.29) is 24.1 Å². The first-order chi connectivity index (χ1) is 10.7. The van der Waals surface area contributed by atoms with Crippen LogP contribution in [0.3, 0.4) is 0 Å². The van der Waals surface area contributed by atoms with Crippen molar-refractivity contribution in [2.75, 3.05) is 19.0 Å². The first kappa shape index (κ1) is 15.0. The summed E-state index contributed by atoms with van der Waals surface area (Å²) in [5.41, 5.74) is 0.836. The summed E-state index contributed by atoms with van der Waals surface area (Å²) in [6.45, 7) is 2.66. The van der Waals surface area contributed by atoms with Gasteiger partial charge in [-0.1, -0.05) is 0 Å². The zero-order chi connectivity index (χ0) is 15.5. The Labute approximate surface area is 129 Å². The van der Waals surface area contributed by atoms with Gasteiger partial charge < -0.3 is 20.1 Å². The van der Waals surface area contributed by atoms with Crippen LogP contribution in [0.15, 0.2) is 6.07 Å². The summed E-state index contributed by atoms with van der Waals surface area (Å²) in [6, 6.07) is 1.80. The number of aromatic nitrogens is 2. The van der Waals surface area contributed by atoms with Gasteiger partial charge in [-0.2, -0.15) is 4.98 Å². The third kappa shape index (κ3) is 3.30. The molecule has 7 nitrogen and oxygen atoms in total. The van der Waals surface area contributed by atoms with Crippen LogP contribution < -0.4 is 15.4 Å². The van der Waals surface area contributed by atoms with E-state index in [0.29, 0.717) is 18.2 Å². The summed E-state index contributed by atoms with van der Waals surface area (Å²) < 4.78 is 10.9. The number of hydrogen-bond donors (Lipinski definition) is 2. The fourth-order valence-electron chi connectivity index (χ4n) is 3.10. The number of anilines is 1. The van der Waals surface area contributed by atoms with Crippen LogP contribution in [-0.2, 0) is 9.53 Å². The maximum atomic E-state index is 11.7. The molecule has 1 aromatic heterocycles. The van der Waals surface area contributed by atoms with Crippen LogP contribution in [0.5, 0.6) is 5.88 Å². The molecule has 3 rings (SSSR count). The predicted molar refractivity (Wildman–Crippen MR) is 80.9 cm³/mol. The van der Waals surface area contributed by atoms with Crippen molar-refractivity contribution < 1.29 is 14.3 Å². The second-order valence-electron chi connectivity index (χ2n) is 5.81. The van der Waals surface area contributed by atoms with Gasteiger partial charge in [0, 0.05) is 24.8 Å². The number of methoxy groups -OCH3 is 1. The molecule has 0 saturated carbocycles. The van der Waals surface area contributed by atoms with E-state index in [4.69, 9.17) is 9.47 Å². The molecule has 22 heavy (non-hydrogen) atoms. The van der Waals surface area contributed by atoms with Crippen molar-refractivity contribution in [3.8, 4) is 5.88 Å². The fourth-order valence-corrected chi connectivity index (χ4v) is 3.10.